The number of aryl methyl sites for hydroxylation is 1. The topological polar surface area (TPSA) is 83.8 Å². The van der Waals surface area contributed by atoms with E-state index in [2.05, 4.69) is 13.8 Å². The van der Waals surface area contributed by atoms with E-state index < -0.39 is 17.9 Å². The van der Waals surface area contributed by atoms with Gasteiger partial charge in [-0.2, -0.15) is 0 Å². The van der Waals surface area contributed by atoms with Gasteiger partial charge in [-0.15, -0.1) is 0 Å². The molecular weight excluding hydrogens is 296 g/mol. The average Bonchev–Trinajstić information content (AvgIpc) is 2.54. The Labute approximate surface area is 138 Å². The van der Waals surface area contributed by atoms with Gasteiger partial charge in [-0.25, -0.2) is 0 Å². The number of carbonyl (C=O) groups is 2. The standard InChI is InChI=1S/C14H18O5.C4H10/c15-13(16)12(14(17)18)8-10-19-9-4-7-11-5-2-1-3-6-11;1-3-4-2/h1-3,5-6,12H,4,7-10H2,(H,15,16)(H,17,18);3-4H2,1-2H3. The molecule has 1 aromatic carbocycles. The molecule has 0 saturated heterocycles. The van der Waals surface area contributed by atoms with E-state index in [0.717, 1.165) is 12.8 Å². The number of carboxylic acids is 2. The van der Waals surface area contributed by atoms with Crippen LogP contribution in [-0.4, -0.2) is 35.4 Å². The van der Waals surface area contributed by atoms with Crippen LogP contribution in [0.4, 0.5) is 0 Å². The van der Waals surface area contributed by atoms with Crippen molar-refractivity contribution in [1.82, 2.24) is 0 Å². The van der Waals surface area contributed by atoms with E-state index in [1.165, 1.54) is 18.4 Å². The molecular formula is C18H28O5. The van der Waals surface area contributed by atoms with Crippen LogP contribution in [-0.2, 0) is 20.7 Å². The molecule has 0 bridgehead atoms. The van der Waals surface area contributed by atoms with Crippen molar-refractivity contribution in [1.29, 1.82) is 0 Å². The minimum Gasteiger partial charge on any atom is -0.481 e. The van der Waals surface area contributed by atoms with Crippen LogP contribution in [0.3, 0.4) is 0 Å². The number of ether oxygens (including phenoxy) is 1. The highest BCUT2D eigenvalue weighted by Crippen LogP contribution is 2.05. The van der Waals surface area contributed by atoms with E-state index in [1.54, 1.807) is 0 Å². The van der Waals surface area contributed by atoms with Crippen molar-refractivity contribution in [3.8, 4) is 0 Å². The zero-order chi connectivity index (χ0) is 17.5. The summed E-state index contributed by atoms with van der Waals surface area (Å²) in [6.45, 7) is 5.01. The molecule has 0 amide bonds. The van der Waals surface area contributed by atoms with Crippen LogP contribution in [0.5, 0.6) is 0 Å². The fourth-order valence-corrected chi connectivity index (χ4v) is 1.68. The van der Waals surface area contributed by atoms with E-state index in [-0.39, 0.29) is 13.0 Å². The van der Waals surface area contributed by atoms with Crippen molar-refractivity contribution < 1.29 is 24.5 Å². The number of hydrogen-bond acceptors (Lipinski definition) is 3. The molecule has 5 heteroatoms. The molecule has 5 nitrogen and oxygen atoms in total. The molecule has 0 fully saturated rings. The van der Waals surface area contributed by atoms with Crippen LogP contribution in [0.1, 0.15) is 45.1 Å². The molecule has 1 aromatic rings. The van der Waals surface area contributed by atoms with Gasteiger partial charge in [-0.05, 0) is 24.8 Å². The predicted molar refractivity (Wildman–Crippen MR) is 89.5 cm³/mol. The number of hydrogen-bond donors (Lipinski definition) is 2. The second kappa shape index (κ2) is 13.8. The van der Waals surface area contributed by atoms with Crippen LogP contribution >= 0.6 is 0 Å². The Balaban J connectivity index is 0.00000108. The summed E-state index contributed by atoms with van der Waals surface area (Å²) in [5.74, 6) is -4.02. The summed E-state index contributed by atoms with van der Waals surface area (Å²) in [4.78, 5) is 21.2. The van der Waals surface area contributed by atoms with E-state index in [4.69, 9.17) is 14.9 Å². The highest BCUT2D eigenvalue weighted by molar-refractivity contribution is 5.92. The fraction of sp³-hybridized carbons (Fsp3) is 0.556. The molecule has 0 spiro atoms. The zero-order valence-electron chi connectivity index (χ0n) is 14.0. The quantitative estimate of drug-likeness (QED) is 0.507. The number of rotatable bonds is 10. The lowest BCUT2D eigenvalue weighted by Crippen LogP contribution is -2.24. The van der Waals surface area contributed by atoms with Crippen molar-refractivity contribution in [3.05, 3.63) is 35.9 Å². The first-order valence-electron chi connectivity index (χ1n) is 8.10. The van der Waals surface area contributed by atoms with Gasteiger partial charge < -0.3 is 14.9 Å². The maximum atomic E-state index is 10.6. The maximum Gasteiger partial charge on any atom is 0.317 e. The number of aliphatic carboxylic acids is 2. The fourth-order valence-electron chi connectivity index (χ4n) is 1.68. The van der Waals surface area contributed by atoms with Gasteiger partial charge >= 0.3 is 11.9 Å². The zero-order valence-corrected chi connectivity index (χ0v) is 14.0. The Bertz CT molecular complexity index is 414. The normalized spacial score (nSPS) is 10.0. The van der Waals surface area contributed by atoms with Gasteiger partial charge in [0.1, 0.15) is 0 Å². The molecule has 0 aliphatic carbocycles. The first kappa shape index (κ1) is 21.1. The molecule has 130 valence electrons. The third kappa shape index (κ3) is 11.4. The van der Waals surface area contributed by atoms with Gasteiger partial charge in [-0.1, -0.05) is 57.0 Å². The lowest BCUT2D eigenvalue weighted by Gasteiger charge is -2.08. The molecule has 0 heterocycles. The third-order valence-electron chi connectivity index (χ3n) is 3.24. The van der Waals surface area contributed by atoms with Crippen LogP contribution in [0.15, 0.2) is 30.3 Å². The minimum absolute atomic E-state index is 0.00396. The maximum absolute atomic E-state index is 10.6. The van der Waals surface area contributed by atoms with Crippen LogP contribution in [0, 0.1) is 5.92 Å². The van der Waals surface area contributed by atoms with Gasteiger partial charge in [-0.3, -0.25) is 9.59 Å². The molecule has 0 saturated carbocycles. The van der Waals surface area contributed by atoms with Crippen molar-refractivity contribution in [3.63, 3.8) is 0 Å². The van der Waals surface area contributed by atoms with E-state index in [9.17, 15) is 9.59 Å². The molecule has 2 N–H and O–H groups in total. The Morgan fingerprint density at radius 3 is 2.04 bits per heavy atom. The smallest absolute Gasteiger partial charge is 0.317 e. The minimum atomic E-state index is -1.38. The third-order valence-corrected chi connectivity index (χ3v) is 3.24. The number of benzene rings is 1. The summed E-state index contributed by atoms with van der Waals surface area (Å²) in [6.07, 6.45) is 4.35. The van der Waals surface area contributed by atoms with Gasteiger partial charge in [0, 0.05) is 13.2 Å². The molecule has 0 aromatic heterocycles. The Kier molecular flexibility index (Phi) is 12.6. The van der Waals surface area contributed by atoms with Gasteiger partial charge in [0.05, 0.1) is 0 Å². The number of unbranched alkanes of at least 4 members (excludes halogenated alkanes) is 1. The first-order chi connectivity index (χ1) is 11.0. The Hall–Kier alpha value is -1.88. The lowest BCUT2D eigenvalue weighted by atomic mass is 10.1. The largest absolute Gasteiger partial charge is 0.481 e. The highest BCUT2D eigenvalue weighted by atomic mass is 16.5. The second-order valence-corrected chi connectivity index (χ2v) is 5.22. The molecule has 0 unspecified atom stereocenters. The summed E-state index contributed by atoms with van der Waals surface area (Å²) < 4.78 is 5.26. The summed E-state index contributed by atoms with van der Waals surface area (Å²) in [6, 6.07) is 9.97. The molecule has 0 aliphatic heterocycles. The SMILES string of the molecule is CCCC.O=C(O)C(CCOCCCc1ccccc1)C(=O)O. The van der Waals surface area contributed by atoms with E-state index in [1.807, 2.05) is 30.3 Å². The van der Waals surface area contributed by atoms with E-state index >= 15 is 0 Å². The van der Waals surface area contributed by atoms with Crippen molar-refractivity contribution >= 4 is 11.9 Å². The summed E-state index contributed by atoms with van der Waals surface area (Å²) in [7, 11) is 0. The monoisotopic (exact) mass is 324 g/mol. The number of carboxylic acid groups (broad SMARTS) is 2. The van der Waals surface area contributed by atoms with Crippen LogP contribution in [0.25, 0.3) is 0 Å². The Morgan fingerprint density at radius 1 is 1.00 bits per heavy atom. The molecule has 1 rings (SSSR count). The van der Waals surface area contributed by atoms with Crippen molar-refractivity contribution in [2.45, 2.75) is 46.0 Å². The predicted octanol–water partition coefficient (Wildman–Crippen LogP) is 3.62. The Morgan fingerprint density at radius 2 is 1.57 bits per heavy atom. The van der Waals surface area contributed by atoms with Crippen molar-refractivity contribution in [2.24, 2.45) is 5.92 Å². The lowest BCUT2D eigenvalue weighted by molar-refractivity contribution is -0.155. The van der Waals surface area contributed by atoms with Gasteiger partial charge in [0.25, 0.3) is 0 Å². The highest BCUT2D eigenvalue weighted by Gasteiger charge is 2.24. The molecule has 0 radical (unpaired) electrons. The first-order valence-corrected chi connectivity index (χ1v) is 8.10. The molecule has 23 heavy (non-hydrogen) atoms. The van der Waals surface area contributed by atoms with E-state index in [0.29, 0.717) is 6.61 Å². The van der Waals surface area contributed by atoms with Crippen LogP contribution < -0.4 is 0 Å². The summed E-state index contributed by atoms with van der Waals surface area (Å²) in [5.41, 5.74) is 1.22. The summed E-state index contributed by atoms with van der Waals surface area (Å²) >= 11 is 0. The average molecular weight is 324 g/mol. The molecule has 0 atom stereocenters. The second-order valence-electron chi connectivity index (χ2n) is 5.22. The van der Waals surface area contributed by atoms with Crippen molar-refractivity contribution in [2.75, 3.05) is 13.2 Å². The summed E-state index contributed by atoms with van der Waals surface area (Å²) in [5, 5.41) is 17.3. The van der Waals surface area contributed by atoms with Gasteiger partial charge in [0.2, 0.25) is 0 Å². The molecule has 0 aliphatic rings. The van der Waals surface area contributed by atoms with Gasteiger partial charge in [0.15, 0.2) is 5.92 Å². The van der Waals surface area contributed by atoms with Crippen LogP contribution in [0.2, 0.25) is 0 Å².